The van der Waals surface area contributed by atoms with Crippen molar-refractivity contribution in [3.63, 3.8) is 0 Å². The third-order valence-electron chi connectivity index (χ3n) is 7.26. The molecular weight excluding hydrogens is 445 g/mol. The van der Waals surface area contributed by atoms with Gasteiger partial charge in [0.15, 0.2) is 17.4 Å². The number of hydrogen-bond donors (Lipinski definition) is 2. The molecule has 0 spiro atoms. The van der Waals surface area contributed by atoms with Crippen molar-refractivity contribution in [1.29, 1.82) is 0 Å². The van der Waals surface area contributed by atoms with Crippen molar-refractivity contribution >= 4 is 17.4 Å². The Labute approximate surface area is 196 Å². The van der Waals surface area contributed by atoms with Crippen LogP contribution in [0.1, 0.15) is 42.7 Å². The Hall–Kier alpha value is -2.69. The molecule has 0 unspecified atom stereocenters. The monoisotopic (exact) mass is 475 g/mol. The van der Waals surface area contributed by atoms with E-state index in [9.17, 15) is 9.59 Å². The largest absolute Gasteiger partial charge is 0.511 e. The lowest BCUT2D eigenvalue weighted by Crippen LogP contribution is -2.51. The number of aryl methyl sites for hydroxylation is 1. The van der Waals surface area contributed by atoms with Gasteiger partial charge in [0.05, 0.1) is 30.6 Å². The van der Waals surface area contributed by atoms with Gasteiger partial charge in [0.25, 0.3) is 5.56 Å². The Morgan fingerprint density at radius 3 is 2.53 bits per heavy atom. The standard InChI is InChI=1S/C24H30FN3O6/c1-14-20-17(15-3-4-15)11-19(34-23(30)31)22(29)28(20)12-18(25)21(14)27-7-5-16(6-8-27)24(13-26-2)32-9-10-33-24/h11-12,15-16,26H,3-10,13H2,1-2H3,(H,30,31). The summed E-state index contributed by atoms with van der Waals surface area (Å²) in [5, 5.41) is 12.2. The van der Waals surface area contributed by atoms with E-state index in [-0.39, 0.29) is 17.6 Å². The van der Waals surface area contributed by atoms with Gasteiger partial charge in [-0.25, -0.2) is 9.18 Å². The number of anilines is 1. The molecule has 0 bridgehead atoms. The van der Waals surface area contributed by atoms with Crippen molar-refractivity contribution in [2.75, 3.05) is 44.8 Å². The Morgan fingerprint density at radius 2 is 1.94 bits per heavy atom. The molecule has 34 heavy (non-hydrogen) atoms. The summed E-state index contributed by atoms with van der Waals surface area (Å²) in [6.45, 7) is 4.86. The molecule has 2 aliphatic heterocycles. The first-order chi connectivity index (χ1) is 16.3. The van der Waals surface area contributed by atoms with Crippen LogP contribution in [0.5, 0.6) is 5.75 Å². The van der Waals surface area contributed by atoms with Gasteiger partial charge in [-0.3, -0.25) is 9.20 Å². The average Bonchev–Trinajstić information content (AvgIpc) is 3.54. The molecule has 0 atom stereocenters. The summed E-state index contributed by atoms with van der Waals surface area (Å²) >= 11 is 0. The van der Waals surface area contributed by atoms with Crippen LogP contribution in [0.3, 0.4) is 0 Å². The van der Waals surface area contributed by atoms with Crippen molar-refractivity contribution < 1.29 is 28.5 Å². The molecule has 2 saturated heterocycles. The number of likely N-dealkylation sites (N-methyl/N-ethyl adjacent to an activating group) is 1. The van der Waals surface area contributed by atoms with E-state index in [1.165, 1.54) is 16.7 Å². The summed E-state index contributed by atoms with van der Waals surface area (Å²) in [6.07, 6.45) is 3.05. The van der Waals surface area contributed by atoms with Gasteiger partial charge >= 0.3 is 6.16 Å². The Kier molecular flexibility index (Phi) is 5.99. The van der Waals surface area contributed by atoms with Crippen molar-refractivity contribution in [2.24, 2.45) is 5.92 Å². The lowest BCUT2D eigenvalue weighted by atomic mass is 9.87. The highest BCUT2D eigenvalue weighted by molar-refractivity contribution is 5.74. The first-order valence-corrected chi connectivity index (χ1v) is 11.8. The van der Waals surface area contributed by atoms with E-state index in [2.05, 4.69) is 5.32 Å². The van der Waals surface area contributed by atoms with E-state index in [0.717, 1.165) is 31.2 Å². The number of fused-ring (bicyclic) bond motifs is 1. The zero-order valence-corrected chi connectivity index (χ0v) is 19.4. The number of rotatable bonds is 6. The van der Waals surface area contributed by atoms with E-state index < -0.39 is 23.3 Å². The number of nitrogens with one attached hydrogen (secondary N) is 1. The number of halogens is 1. The summed E-state index contributed by atoms with van der Waals surface area (Å²) in [6, 6.07) is 1.51. The van der Waals surface area contributed by atoms with E-state index >= 15 is 4.39 Å². The van der Waals surface area contributed by atoms with E-state index in [1.807, 2.05) is 18.9 Å². The van der Waals surface area contributed by atoms with Crippen LogP contribution >= 0.6 is 0 Å². The molecule has 0 aromatic carbocycles. The Bertz CT molecular complexity index is 1160. The maximum Gasteiger partial charge on any atom is 0.511 e. The summed E-state index contributed by atoms with van der Waals surface area (Å²) in [4.78, 5) is 26.0. The average molecular weight is 476 g/mol. The number of pyridine rings is 2. The molecule has 3 fully saturated rings. The smallest absolute Gasteiger partial charge is 0.449 e. The van der Waals surface area contributed by atoms with Crippen molar-refractivity contribution in [1.82, 2.24) is 9.72 Å². The highest BCUT2D eigenvalue weighted by Gasteiger charge is 2.45. The van der Waals surface area contributed by atoms with Gasteiger partial charge in [0.1, 0.15) is 0 Å². The topological polar surface area (TPSA) is 102 Å². The van der Waals surface area contributed by atoms with Gasteiger partial charge < -0.3 is 29.5 Å². The number of aromatic nitrogens is 1. The number of carboxylic acid groups (broad SMARTS) is 1. The highest BCUT2D eigenvalue weighted by Crippen LogP contribution is 2.45. The molecule has 4 heterocycles. The third kappa shape index (κ3) is 3.93. The highest BCUT2D eigenvalue weighted by atomic mass is 19.1. The summed E-state index contributed by atoms with van der Waals surface area (Å²) < 4.78 is 33.4. The maximum absolute atomic E-state index is 15.5. The van der Waals surface area contributed by atoms with E-state index in [4.69, 9.17) is 19.3 Å². The van der Waals surface area contributed by atoms with Crippen molar-refractivity contribution in [2.45, 2.75) is 44.3 Å². The lowest BCUT2D eigenvalue weighted by Gasteiger charge is -2.42. The quantitative estimate of drug-likeness (QED) is 0.615. The molecule has 9 nitrogen and oxygen atoms in total. The van der Waals surface area contributed by atoms with E-state index in [1.54, 1.807) is 0 Å². The maximum atomic E-state index is 15.5. The van der Waals surface area contributed by atoms with E-state index in [0.29, 0.717) is 49.6 Å². The first kappa shape index (κ1) is 23.1. The minimum atomic E-state index is -1.57. The second-order valence-corrected chi connectivity index (χ2v) is 9.38. The molecule has 0 amide bonds. The van der Waals surface area contributed by atoms with Gasteiger partial charge in [0.2, 0.25) is 0 Å². The molecule has 184 valence electrons. The number of hydrogen-bond acceptors (Lipinski definition) is 7. The van der Waals surface area contributed by atoms with Crippen molar-refractivity contribution in [3.05, 3.63) is 39.6 Å². The second-order valence-electron chi connectivity index (χ2n) is 9.38. The molecular formula is C24H30FN3O6. The van der Waals surface area contributed by atoms with Crippen LogP contribution in [0.4, 0.5) is 14.9 Å². The minimum Gasteiger partial charge on any atom is -0.449 e. The van der Waals surface area contributed by atoms with Gasteiger partial charge in [-0.05, 0) is 62.8 Å². The first-order valence-electron chi connectivity index (χ1n) is 11.8. The van der Waals surface area contributed by atoms with Crippen molar-refractivity contribution in [3.8, 4) is 5.75 Å². The summed E-state index contributed by atoms with van der Waals surface area (Å²) in [5.41, 5.74) is 1.95. The van der Waals surface area contributed by atoms with Gasteiger partial charge in [-0.15, -0.1) is 0 Å². The zero-order valence-electron chi connectivity index (χ0n) is 19.4. The molecule has 1 aliphatic carbocycles. The molecule has 5 rings (SSSR count). The molecule has 1 saturated carbocycles. The SMILES string of the molecule is CNCC1(C2CCN(c3c(F)cn4c(=O)c(OC(=O)O)cc(C5CC5)c4c3C)CC2)OCCO1. The van der Waals surface area contributed by atoms with Crippen LogP contribution < -0.4 is 20.5 Å². The van der Waals surface area contributed by atoms with Gasteiger partial charge in [-0.1, -0.05) is 0 Å². The number of nitrogens with zero attached hydrogens (tertiary/aromatic N) is 2. The minimum absolute atomic E-state index is 0.197. The van der Waals surface area contributed by atoms with Crippen LogP contribution in [0.15, 0.2) is 17.1 Å². The van der Waals surface area contributed by atoms with Crippen LogP contribution in [0.2, 0.25) is 0 Å². The molecule has 2 aromatic heterocycles. The fourth-order valence-corrected chi connectivity index (χ4v) is 5.62. The predicted molar refractivity (Wildman–Crippen MR) is 122 cm³/mol. The summed E-state index contributed by atoms with van der Waals surface area (Å²) in [5.74, 6) is -1.05. The number of ether oxygens (including phenoxy) is 3. The molecule has 10 heteroatoms. The van der Waals surface area contributed by atoms with Crippen LogP contribution in [0.25, 0.3) is 5.52 Å². The normalized spacial score (nSPS) is 20.7. The predicted octanol–water partition coefficient (Wildman–Crippen LogP) is 2.86. The van der Waals surface area contributed by atoms with Crippen LogP contribution in [-0.4, -0.2) is 61.3 Å². The van der Waals surface area contributed by atoms with Crippen LogP contribution in [-0.2, 0) is 9.47 Å². The van der Waals surface area contributed by atoms with Gasteiger partial charge in [-0.2, -0.15) is 0 Å². The summed E-state index contributed by atoms with van der Waals surface area (Å²) in [7, 11) is 1.88. The molecule has 3 aliphatic rings. The molecule has 2 aromatic rings. The Morgan fingerprint density at radius 1 is 1.26 bits per heavy atom. The lowest BCUT2D eigenvalue weighted by molar-refractivity contribution is -0.195. The number of carbonyl (C=O) groups is 1. The Balaban J connectivity index is 1.50. The number of piperidine rings is 1. The fourth-order valence-electron chi connectivity index (χ4n) is 5.62. The van der Waals surface area contributed by atoms with Gasteiger partial charge in [0, 0.05) is 25.6 Å². The fraction of sp³-hybridized carbons (Fsp3) is 0.583. The van der Waals surface area contributed by atoms with Crippen LogP contribution in [0, 0.1) is 18.7 Å². The second kappa shape index (κ2) is 8.83. The molecule has 0 radical (unpaired) electrons. The molecule has 2 N–H and O–H groups in total. The third-order valence-corrected chi connectivity index (χ3v) is 7.26. The zero-order chi connectivity index (χ0) is 24.0.